The average molecular weight is 132 g/mol. The molecule has 4 nitrogen and oxygen atoms in total. The quantitative estimate of drug-likeness (QED) is 0.210. The number of aliphatic hydroxyl groups is 1. The van der Waals surface area contributed by atoms with Crippen LogP contribution in [-0.4, -0.2) is 22.3 Å². The van der Waals surface area contributed by atoms with E-state index in [2.05, 4.69) is 5.16 Å². The van der Waals surface area contributed by atoms with Crippen molar-refractivity contribution in [2.45, 2.75) is 20.0 Å². The number of amidine groups is 1. The fourth-order valence-corrected chi connectivity index (χ4v) is 0.401. The maximum Gasteiger partial charge on any atom is 0.168 e. The Labute approximate surface area is 54.0 Å². The topological polar surface area (TPSA) is 78.8 Å². The molecule has 1 atom stereocenters. The van der Waals surface area contributed by atoms with E-state index in [4.69, 9.17) is 16.0 Å². The lowest BCUT2D eigenvalue weighted by atomic mass is 10.1. The van der Waals surface area contributed by atoms with Crippen molar-refractivity contribution in [1.29, 1.82) is 0 Å². The van der Waals surface area contributed by atoms with Crippen molar-refractivity contribution in [3.05, 3.63) is 0 Å². The molecule has 0 radical (unpaired) electrons. The molecule has 0 spiro atoms. The summed E-state index contributed by atoms with van der Waals surface area (Å²) in [5.41, 5.74) is 5.07. The van der Waals surface area contributed by atoms with E-state index in [9.17, 15) is 0 Å². The molecule has 0 aliphatic carbocycles. The molecule has 4 heteroatoms. The summed E-state index contributed by atoms with van der Waals surface area (Å²) in [5.74, 6) is -0.147. The Kier molecular flexibility index (Phi) is 3.01. The molecule has 0 aliphatic heterocycles. The zero-order chi connectivity index (χ0) is 7.44. The van der Waals surface area contributed by atoms with Crippen LogP contribution in [0.5, 0.6) is 0 Å². The van der Waals surface area contributed by atoms with Gasteiger partial charge in [0.2, 0.25) is 0 Å². The lowest BCUT2D eigenvalue weighted by molar-refractivity contribution is 0.181. The van der Waals surface area contributed by atoms with Gasteiger partial charge in [0.05, 0.1) is 0 Å². The average Bonchev–Trinajstić information content (AvgIpc) is 1.84. The smallest absolute Gasteiger partial charge is 0.168 e. The summed E-state index contributed by atoms with van der Waals surface area (Å²) in [6, 6.07) is 0. The van der Waals surface area contributed by atoms with Gasteiger partial charge in [0.15, 0.2) is 5.84 Å². The summed E-state index contributed by atoms with van der Waals surface area (Å²) in [5, 5.41) is 19.7. The van der Waals surface area contributed by atoms with E-state index < -0.39 is 6.10 Å². The summed E-state index contributed by atoms with van der Waals surface area (Å²) in [6.45, 7) is 3.56. The number of aliphatic hydroxyl groups excluding tert-OH is 1. The molecule has 0 saturated heterocycles. The van der Waals surface area contributed by atoms with Crippen molar-refractivity contribution < 1.29 is 10.3 Å². The first-order chi connectivity index (χ1) is 4.09. The minimum atomic E-state index is -0.838. The summed E-state index contributed by atoms with van der Waals surface area (Å²) < 4.78 is 0. The van der Waals surface area contributed by atoms with Crippen molar-refractivity contribution in [2.24, 2.45) is 16.8 Å². The molecule has 0 rings (SSSR count). The second kappa shape index (κ2) is 3.29. The second-order valence-corrected chi connectivity index (χ2v) is 2.21. The van der Waals surface area contributed by atoms with Crippen LogP contribution in [0.2, 0.25) is 0 Å². The van der Waals surface area contributed by atoms with Gasteiger partial charge in [0.1, 0.15) is 6.10 Å². The normalized spacial score (nSPS) is 16.2. The van der Waals surface area contributed by atoms with Crippen molar-refractivity contribution in [2.75, 3.05) is 0 Å². The highest BCUT2D eigenvalue weighted by molar-refractivity contribution is 5.84. The molecule has 0 aromatic carbocycles. The minimum Gasteiger partial charge on any atom is -0.409 e. The fourth-order valence-electron chi connectivity index (χ4n) is 0.401. The molecule has 0 fully saturated rings. The largest absolute Gasteiger partial charge is 0.409 e. The van der Waals surface area contributed by atoms with E-state index in [1.165, 1.54) is 0 Å². The van der Waals surface area contributed by atoms with E-state index in [1.54, 1.807) is 13.8 Å². The fraction of sp³-hybridized carbons (Fsp3) is 0.800. The van der Waals surface area contributed by atoms with Crippen molar-refractivity contribution >= 4 is 5.84 Å². The molecule has 0 aromatic heterocycles. The first-order valence-electron chi connectivity index (χ1n) is 2.75. The Balaban J connectivity index is 3.88. The molecular weight excluding hydrogens is 120 g/mol. The predicted molar refractivity (Wildman–Crippen MR) is 34.3 cm³/mol. The Morgan fingerprint density at radius 2 is 2.00 bits per heavy atom. The molecule has 0 heterocycles. The third kappa shape index (κ3) is 2.32. The van der Waals surface area contributed by atoms with Gasteiger partial charge in [0, 0.05) is 0 Å². The maximum atomic E-state index is 8.98. The van der Waals surface area contributed by atoms with E-state index in [0.717, 1.165) is 0 Å². The first kappa shape index (κ1) is 8.23. The molecule has 4 N–H and O–H groups in total. The summed E-state index contributed by atoms with van der Waals surface area (Å²) in [7, 11) is 0. The molecule has 0 bridgehead atoms. The van der Waals surface area contributed by atoms with Gasteiger partial charge >= 0.3 is 0 Å². The number of rotatable bonds is 2. The van der Waals surface area contributed by atoms with Crippen LogP contribution in [0.3, 0.4) is 0 Å². The number of nitrogens with zero attached hydrogens (tertiary/aromatic N) is 1. The van der Waals surface area contributed by atoms with Crippen LogP contribution in [0.4, 0.5) is 0 Å². The monoisotopic (exact) mass is 132 g/mol. The van der Waals surface area contributed by atoms with Crippen LogP contribution in [0, 0.1) is 5.92 Å². The first-order valence-corrected chi connectivity index (χ1v) is 2.75. The molecule has 0 aromatic rings. The SMILES string of the molecule is CC(C)[C@@H](O)/C(N)=N/O. The van der Waals surface area contributed by atoms with Crippen LogP contribution >= 0.6 is 0 Å². The van der Waals surface area contributed by atoms with Gasteiger partial charge in [-0.2, -0.15) is 0 Å². The van der Waals surface area contributed by atoms with E-state index >= 15 is 0 Å². The molecule has 9 heavy (non-hydrogen) atoms. The minimum absolute atomic E-state index is 0.0131. The van der Waals surface area contributed by atoms with Gasteiger partial charge in [0.25, 0.3) is 0 Å². The predicted octanol–water partition coefficient (Wildman–Crippen LogP) is -0.250. The molecule has 0 amide bonds. The van der Waals surface area contributed by atoms with Crippen LogP contribution in [-0.2, 0) is 0 Å². The summed E-state index contributed by atoms with van der Waals surface area (Å²) in [6.07, 6.45) is -0.838. The number of oxime groups is 1. The Morgan fingerprint density at radius 3 is 2.11 bits per heavy atom. The van der Waals surface area contributed by atoms with Gasteiger partial charge in [-0.1, -0.05) is 19.0 Å². The highest BCUT2D eigenvalue weighted by Gasteiger charge is 2.12. The Bertz CT molecular complexity index is 112. The third-order valence-corrected chi connectivity index (χ3v) is 1.05. The van der Waals surface area contributed by atoms with Crippen molar-refractivity contribution in [3.8, 4) is 0 Å². The van der Waals surface area contributed by atoms with Gasteiger partial charge < -0.3 is 16.0 Å². The van der Waals surface area contributed by atoms with E-state index in [0.29, 0.717) is 0 Å². The number of hydrogen-bond donors (Lipinski definition) is 3. The van der Waals surface area contributed by atoms with Crippen molar-refractivity contribution in [1.82, 2.24) is 0 Å². The zero-order valence-electron chi connectivity index (χ0n) is 5.57. The highest BCUT2D eigenvalue weighted by Crippen LogP contribution is 1.99. The molecule has 0 saturated carbocycles. The lowest BCUT2D eigenvalue weighted by Gasteiger charge is -2.10. The van der Waals surface area contributed by atoms with E-state index in [-0.39, 0.29) is 11.8 Å². The van der Waals surface area contributed by atoms with E-state index in [1.807, 2.05) is 0 Å². The number of nitrogens with two attached hydrogens (primary N) is 1. The van der Waals surface area contributed by atoms with Crippen LogP contribution in [0.1, 0.15) is 13.8 Å². The second-order valence-electron chi connectivity index (χ2n) is 2.21. The van der Waals surface area contributed by atoms with Crippen LogP contribution < -0.4 is 5.73 Å². The molecule has 0 unspecified atom stereocenters. The summed E-state index contributed by atoms with van der Waals surface area (Å²) >= 11 is 0. The van der Waals surface area contributed by atoms with Gasteiger partial charge in [-0.3, -0.25) is 0 Å². The Morgan fingerprint density at radius 1 is 1.56 bits per heavy atom. The van der Waals surface area contributed by atoms with Crippen molar-refractivity contribution in [3.63, 3.8) is 0 Å². The zero-order valence-corrected chi connectivity index (χ0v) is 5.57. The lowest BCUT2D eigenvalue weighted by Crippen LogP contribution is -2.32. The third-order valence-electron chi connectivity index (χ3n) is 1.05. The maximum absolute atomic E-state index is 8.98. The Hall–Kier alpha value is -0.770. The van der Waals surface area contributed by atoms with Gasteiger partial charge in [-0.05, 0) is 5.92 Å². The molecule has 0 aliphatic rings. The van der Waals surface area contributed by atoms with Gasteiger partial charge in [-0.15, -0.1) is 0 Å². The van der Waals surface area contributed by atoms with Gasteiger partial charge in [-0.25, -0.2) is 0 Å². The standard InChI is InChI=1S/C5H12N2O2/c1-3(2)4(8)5(6)7-9/h3-4,8-9H,1-2H3,(H2,6,7)/t4-/m1/s1. The number of hydrogen-bond acceptors (Lipinski definition) is 3. The summed E-state index contributed by atoms with van der Waals surface area (Å²) in [4.78, 5) is 0. The molecular formula is C5H12N2O2. The van der Waals surface area contributed by atoms with Crippen LogP contribution in [0.25, 0.3) is 0 Å². The molecule has 54 valence electrons. The highest BCUT2D eigenvalue weighted by atomic mass is 16.4. The van der Waals surface area contributed by atoms with Crippen LogP contribution in [0.15, 0.2) is 5.16 Å².